The molecule has 0 saturated heterocycles. The molecule has 0 bridgehead atoms. The van der Waals surface area contributed by atoms with Crippen LogP contribution in [0.15, 0.2) is 36.4 Å². The van der Waals surface area contributed by atoms with Gasteiger partial charge in [0.15, 0.2) is 23.9 Å². The van der Waals surface area contributed by atoms with Crippen LogP contribution in [-0.2, 0) is 9.53 Å². The van der Waals surface area contributed by atoms with Crippen molar-refractivity contribution < 1.29 is 33.5 Å². The van der Waals surface area contributed by atoms with Crippen molar-refractivity contribution >= 4 is 23.3 Å². The number of nitro benzene ring substituents is 1. The molecule has 0 atom stereocenters. The summed E-state index contributed by atoms with van der Waals surface area (Å²) in [6.45, 7) is 0.232. The summed E-state index contributed by atoms with van der Waals surface area (Å²) >= 11 is 0. The first-order chi connectivity index (χ1) is 15.4. The number of benzene rings is 2. The third kappa shape index (κ3) is 5.04. The zero-order valence-electron chi connectivity index (χ0n) is 17.1. The van der Waals surface area contributed by atoms with Gasteiger partial charge in [0.25, 0.3) is 5.91 Å². The maximum Gasteiger partial charge on any atom is 0.338 e. The largest absolute Gasteiger partial charge is 0.490 e. The van der Waals surface area contributed by atoms with Crippen LogP contribution in [0.3, 0.4) is 0 Å². The van der Waals surface area contributed by atoms with Crippen LogP contribution in [0.5, 0.6) is 17.2 Å². The number of nitrogens with zero attached hydrogens (tertiary/aromatic N) is 3. The molecule has 0 saturated carbocycles. The summed E-state index contributed by atoms with van der Waals surface area (Å²) in [6, 6.07) is 10.4. The van der Waals surface area contributed by atoms with Gasteiger partial charge in [-0.1, -0.05) is 0 Å². The Morgan fingerprint density at radius 2 is 1.94 bits per heavy atom. The van der Waals surface area contributed by atoms with Crippen LogP contribution in [0.25, 0.3) is 0 Å². The van der Waals surface area contributed by atoms with Gasteiger partial charge in [-0.3, -0.25) is 14.9 Å². The van der Waals surface area contributed by atoms with Gasteiger partial charge in [0.05, 0.1) is 30.1 Å². The van der Waals surface area contributed by atoms with E-state index in [2.05, 4.69) is 0 Å². The highest BCUT2D eigenvalue weighted by Crippen LogP contribution is 2.34. The van der Waals surface area contributed by atoms with Crippen LogP contribution in [0, 0.1) is 21.4 Å². The molecule has 2 aromatic rings. The summed E-state index contributed by atoms with van der Waals surface area (Å²) in [5.41, 5.74) is -0.0564. The summed E-state index contributed by atoms with van der Waals surface area (Å²) in [6.07, 6.45) is 0.0544. The second-order valence-corrected chi connectivity index (χ2v) is 6.50. The van der Waals surface area contributed by atoms with Crippen molar-refractivity contribution in [3.05, 3.63) is 52.1 Å². The van der Waals surface area contributed by atoms with Crippen LogP contribution >= 0.6 is 0 Å². The van der Waals surface area contributed by atoms with Gasteiger partial charge in [0.1, 0.15) is 13.2 Å². The first-order valence-corrected chi connectivity index (χ1v) is 9.51. The van der Waals surface area contributed by atoms with Gasteiger partial charge >= 0.3 is 11.7 Å². The molecule has 166 valence electrons. The van der Waals surface area contributed by atoms with E-state index in [0.717, 1.165) is 6.07 Å². The molecule has 0 aromatic heterocycles. The predicted molar refractivity (Wildman–Crippen MR) is 110 cm³/mol. The van der Waals surface area contributed by atoms with E-state index in [1.54, 1.807) is 18.2 Å². The summed E-state index contributed by atoms with van der Waals surface area (Å²) in [7, 11) is 1.27. The lowest BCUT2D eigenvalue weighted by atomic mass is 10.2. The fraction of sp³-hybridized carbons (Fsp3) is 0.286. The Bertz CT molecular complexity index is 1080. The quantitative estimate of drug-likeness (QED) is 0.343. The van der Waals surface area contributed by atoms with Gasteiger partial charge in [0, 0.05) is 24.4 Å². The highest BCUT2D eigenvalue weighted by molar-refractivity contribution is 5.97. The Labute approximate surface area is 182 Å². The molecule has 2 aromatic carbocycles. The number of hydrogen-bond donors (Lipinski definition) is 0. The monoisotopic (exact) mass is 441 g/mol. The molecule has 0 aliphatic carbocycles. The number of fused-ring (bicyclic) bond motifs is 1. The molecule has 0 fully saturated rings. The molecule has 1 amide bonds. The lowest BCUT2D eigenvalue weighted by Crippen LogP contribution is -2.35. The van der Waals surface area contributed by atoms with Crippen LogP contribution in [0.2, 0.25) is 0 Å². The van der Waals surface area contributed by atoms with E-state index in [0.29, 0.717) is 30.4 Å². The fourth-order valence-electron chi connectivity index (χ4n) is 3.01. The van der Waals surface area contributed by atoms with Gasteiger partial charge in [-0.15, -0.1) is 0 Å². The number of methoxy groups -OCH3 is 1. The second kappa shape index (κ2) is 10.1. The molecule has 0 spiro atoms. The first-order valence-electron chi connectivity index (χ1n) is 9.51. The van der Waals surface area contributed by atoms with Crippen LogP contribution in [-0.4, -0.2) is 50.3 Å². The highest BCUT2D eigenvalue weighted by atomic mass is 16.6. The fourth-order valence-corrected chi connectivity index (χ4v) is 3.01. The number of anilines is 1. The van der Waals surface area contributed by atoms with Gasteiger partial charge in [0.2, 0.25) is 0 Å². The molecule has 1 heterocycles. The average molecular weight is 441 g/mol. The summed E-state index contributed by atoms with van der Waals surface area (Å²) < 4.78 is 20.9. The number of amides is 1. The van der Waals surface area contributed by atoms with Crippen molar-refractivity contribution in [2.45, 2.75) is 6.42 Å². The zero-order chi connectivity index (χ0) is 23.1. The Balaban J connectivity index is 1.73. The van der Waals surface area contributed by atoms with Gasteiger partial charge < -0.3 is 23.8 Å². The summed E-state index contributed by atoms with van der Waals surface area (Å²) in [4.78, 5) is 36.9. The summed E-state index contributed by atoms with van der Waals surface area (Å²) in [5, 5.41) is 20.1. The lowest BCUT2D eigenvalue weighted by molar-refractivity contribution is -0.385. The molecule has 0 N–H and O–H groups in total. The molecule has 1 aliphatic heterocycles. The number of nitro groups is 1. The van der Waals surface area contributed by atoms with Gasteiger partial charge in [-0.2, -0.15) is 5.26 Å². The Morgan fingerprint density at radius 3 is 2.62 bits per heavy atom. The number of carbonyl (C=O) groups is 2. The number of nitriles is 1. The van der Waals surface area contributed by atoms with E-state index in [-0.39, 0.29) is 24.3 Å². The van der Waals surface area contributed by atoms with E-state index < -0.39 is 29.1 Å². The molecular weight excluding hydrogens is 422 g/mol. The van der Waals surface area contributed by atoms with Gasteiger partial charge in [-0.05, 0) is 24.3 Å². The van der Waals surface area contributed by atoms with Crippen molar-refractivity contribution in [3.8, 4) is 23.3 Å². The molecular formula is C21H19N3O8. The standard InChI is InChI=1S/C21H19N3O8/c1-29-17-5-3-14(11-16(17)24(27)28)21(26)32-13-20(25)23(8-2-7-22)15-4-6-18-19(12-15)31-10-9-30-18/h3-6,11-12H,2,8-10,13H2,1H3. The average Bonchev–Trinajstić information content (AvgIpc) is 2.82. The molecule has 0 unspecified atom stereocenters. The number of ether oxygens (including phenoxy) is 4. The second-order valence-electron chi connectivity index (χ2n) is 6.50. The number of carbonyl (C=O) groups excluding carboxylic acids is 2. The van der Waals surface area contributed by atoms with Crippen LogP contribution < -0.4 is 19.1 Å². The minimum Gasteiger partial charge on any atom is -0.490 e. The lowest BCUT2D eigenvalue weighted by Gasteiger charge is -2.24. The SMILES string of the molecule is COc1ccc(C(=O)OCC(=O)N(CCC#N)c2ccc3c(c2)OCCO3)cc1[N+](=O)[O-]. The maximum atomic E-state index is 12.8. The zero-order valence-corrected chi connectivity index (χ0v) is 17.1. The highest BCUT2D eigenvalue weighted by Gasteiger charge is 2.23. The molecule has 0 radical (unpaired) electrons. The Kier molecular flexibility index (Phi) is 7.07. The van der Waals surface area contributed by atoms with Crippen LogP contribution in [0.1, 0.15) is 16.8 Å². The van der Waals surface area contributed by atoms with E-state index in [9.17, 15) is 19.7 Å². The summed E-state index contributed by atoms with van der Waals surface area (Å²) in [5.74, 6) is -0.491. The number of rotatable bonds is 8. The Hall–Kier alpha value is -4.33. The van der Waals surface area contributed by atoms with E-state index in [1.165, 1.54) is 24.1 Å². The van der Waals surface area contributed by atoms with E-state index in [1.807, 2.05) is 6.07 Å². The van der Waals surface area contributed by atoms with Crippen molar-refractivity contribution in [3.63, 3.8) is 0 Å². The molecule has 11 heteroatoms. The third-order valence-electron chi connectivity index (χ3n) is 4.52. The Morgan fingerprint density at radius 1 is 1.19 bits per heavy atom. The van der Waals surface area contributed by atoms with Crippen LogP contribution in [0.4, 0.5) is 11.4 Å². The number of hydrogen-bond acceptors (Lipinski definition) is 9. The predicted octanol–water partition coefficient (Wildman–Crippen LogP) is 2.48. The molecule has 3 rings (SSSR count). The van der Waals surface area contributed by atoms with E-state index >= 15 is 0 Å². The van der Waals surface area contributed by atoms with Gasteiger partial charge in [-0.25, -0.2) is 4.79 Å². The van der Waals surface area contributed by atoms with E-state index in [4.69, 9.17) is 24.2 Å². The molecule has 32 heavy (non-hydrogen) atoms. The van der Waals surface area contributed by atoms with Crippen molar-refractivity contribution in [2.75, 3.05) is 38.4 Å². The maximum absolute atomic E-state index is 12.8. The minimum atomic E-state index is -0.911. The first kappa shape index (κ1) is 22.4. The molecule has 11 nitrogen and oxygen atoms in total. The molecule has 1 aliphatic rings. The van der Waals surface area contributed by atoms with Crippen molar-refractivity contribution in [2.24, 2.45) is 0 Å². The van der Waals surface area contributed by atoms with Crippen molar-refractivity contribution in [1.29, 1.82) is 5.26 Å². The third-order valence-corrected chi connectivity index (χ3v) is 4.52. The smallest absolute Gasteiger partial charge is 0.338 e. The van der Waals surface area contributed by atoms with Crippen molar-refractivity contribution in [1.82, 2.24) is 0 Å². The number of esters is 1. The minimum absolute atomic E-state index is 0.0103. The normalized spacial score (nSPS) is 11.8. The topological polar surface area (TPSA) is 141 Å².